The molecule has 2 rings (SSSR count). The van der Waals surface area contributed by atoms with Gasteiger partial charge in [0.25, 0.3) is 0 Å². The van der Waals surface area contributed by atoms with Gasteiger partial charge in [-0.1, -0.05) is 6.92 Å². The lowest BCUT2D eigenvalue weighted by Crippen LogP contribution is -2.34. The molecule has 1 aliphatic rings. The van der Waals surface area contributed by atoms with Gasteiger partial charge in [0.1, 0.15) is 0 Å². The maximum atomic E-state index is 10.0. The van der Waals surface area contributed by atoms with E-state index in [9.17, 15) is 5.11 Å². The molecule has 0 aromatic carbocycles. The summed E-state index contributed by atoms with van der Waals surface area (Å²) in [5, 5.41) is 13.4. The van der Waals surface area contributed by atoms with E-state index >= 15 is 0 Å². The molecule has 118 valence electrons. The average Bonchev–Trinajstić information content (AvgIpc) is 2.53. The molecule has 2 N–H and O–H groups in total. The van der Waals surface area contributed by atoms with E-state index < -0.39 is 6.10 Å². The number of hydrogen-bond donors (Lipinski definition) is 2. The zero-order chi connectivity index (χ0) is 15.1. The van der Waals surface area contributed by atoms with Crippen LogP contribution in [0, 0.1) is 5.92 Å². The lowest BCUT2D eigenvalue weighted by molar-refractivity contribution is -0.0283. The fourth-order valence-corrected chi connectivity index (χ4v) is 2.79. The lowest BCUT2D eigenvalue weighted by atomic mass is 9.89. The molecule has 21 heavy (non-hydrogen) atoms. The van der Waals surface area contributed by atoms with Gasteiger partial charge in [-0.25, -0.2) is 0 Å². The van der Waals surface area contributed by atoms with E-state index in [1.165, 1.54) is 18.4 Å². The number of pyridine rings is 1. The van der Waals surface area contributed by atoms with Gasteiger partial charge in [-0.15, -0.1) is 0 Å². The molecule has 1 aliphatic carbocycles. The van der Waals surface area contributed by atoms with Crippen molar-refractivity contribution in [3.63, 3.8) is 0 Å². The van der Waals surface area contributed by atoms with E-state index in [1.807, 2.05) is 12.1 Å². The van der Waals surface area contributed by atoms with Crippen LogP contribution in [-0.2, 0) is 4.74 Å². The smallest absolute Gasteiger partial charge is 0.0898 e. The van der Waals surface area contributed by atoms with Crippen molar-refractivity contribution in [3.8, 4) is 0 Å². The third-order valence-corrected chi connectivity index (χ3v) is 4.35. The Kier molecular flexibility index (Phi) is 6.61. The van der Waals surface area contributed by atoms with Crippen molar-refractivity contribution in [2.45, 2.75) is 57.8 Å². The number of nitrogens with zero attached hydrogens (tertiary/aromatic N) is 1. The minimum absolute atomic E-state index is 0.207. The van der Waals surface area contributed by atoms with Gasteiger partial charge in [0, 0.05) is 25.0 Å². The van der Waals surface area contributed by atoms with Gasteiger partial charge in [0.2, 0.25) is 0 Å². The van der Waals surface area contributed by atoms with Crippen molar-refractivity contribution in [2.24, 2.45) is 5.92 Å². The highest BCUT2D eigenvalue weighted by Gasteiger charge is 2.19. The molecule has 1 aromatic heterocycles. The molecule has 1 fully saturated rings. The van der Waals surface area contributed by atoms with Crippen LogP contribution >= 0.6 is 0 Å². The Morgan fingerprint density at radius 2 is 1.95 bits per heavy atom. The second kappa shape index (κ2) is 8.47. The minimum atomic E-state index is -0.450. The van der Waals surface area contributed by atoms with E-state index in [2.05, 4.69) is 24.1 Å². The summed E-state index contributed by atoms with van der Waals surface area (Å²) in [5.74, 6) is 0.831. The Hall–Kier alpha value is -0.970. The van der Waals surface area contributed by atoms with Gasteiger partial charge in [0.05, 0.1) is 18.8 Å². The molecule has 0 spiro atoms. The fourth-order valence-electron chi connectivity index (χ4n) is 2.79. The summed E-state index contributed by atoms with van der Waals surface area (Å²) in [4.78, 5) is 4.01. The quantitative estimate of drug-likeness (QED) is 0.811. The van der Waals surface area contributed by atoms with Gasteiger partial charge in [0.15, 0.2) is 0 Å². The number of rotatable bonds is 7. The summed E-state index contributed by atoms with van der Waals surface area (Å²) in [6.45, 7) is 5.36. The van der Waals surface area contributed by atoms with Crippen LogP contribution in [0.25, 0.3) is 0 Å². The van der Waals surface area contributed by atoms with Crippen LogP contribution in [0.4, 0.5) is 0 Å². The Bertz CT molecular complexity index is 391. The van der Waals surface area contributed by atoms with Crippen LogP contribution in [0.3, 0.4) is 0 Å². The van der Waals surface area contributed by atoms with Crippen molar-refractivity contribution in [1.29, 1.82) is 0 Å². The number of aliphatic hydroxyl groups is 1. The van der Waals surface area contributed by atoms with Crippen LogP contribution in [0.15, 0.2) is 24.5 Å². The minimum Gasteiger partial charge on any atom is -0.389 e. The molecule has 0 saturated heterocycles. The van der Waals surface area contributed by atoms with E-state index in [4.69, 9.17) is 4.74 Å². The van der Waals surface area contributed by atoms with Crippen LogP contribution in [0.1, 0.15) is 51.1 Å². The SMILES string of the molecule is CC1CCC(OCC(O)CNC(C)c2ccncc2)CC1. The van der Waals surface area contributed by atoms with E-state index in [-0.39, 0.29) is 6.04 Å². The van der Waals surface area contributed by atoms with Crippen molar-refractivity contribution >= 4 is 0 Å². The first-order valence-corrected chi connectivity index (χ1v) is 8.08. The zero-order valence-electron chi connectivity index (χ0n) is 13.2. The lowest BCUT2D eigenvalue weighted by Gasteiger charge is -2.27. The molecule has 1 saturated carbocycles. The predicted molar refractivity (Wildman–Crippen MR) is 84.0 cm³/mol. The summed E-state index contributed by atoms with van der Waals surface area (Å²) >= 11 is 0. The van der Waals surface area contributed by atoms with Crippen LogP contribution in [-0.4, -0.2) is 35.5 Å². The van der Waals surface area contributed by atoms with Gasteiger partial charge < -0.3 is 15.2 Å². The molecule has 1 heterocycles. The molecule has 2 atom stereocenters. The first kappa shape index (κ1) is 16.4. The second-order valence-corrected chi connectivity index (χ2v) is 6.28. The fraction of sp³-hybridized carbons (Fsp3) is 0.706. The maximum absolute atomic E-state index is 10.0. The molecular weight excluding hydrogens is 264 g/mol. The molecule has 2 unspecified atom stereocenters. The number of aromatic nitrogens is 1. The molecule has 0 aliphatic heterocycles. The second-order valence-electron chi connectivity index (χ2n) is 6.28. The van der Waals surface area contributed by atoms with Gasteiger partial charge in [-0.05, 0) is 56.2 Å². The molecule has 0 radical (unpaired) electrons. The largest absolute Gasteiger partial charge is 0.389 e. The topological polar surface area (TPSA) is 54.4 Å². The summed E-state index contributed by atoms with van der Waals surface area (Å²) in [6, 6.07) is 4.19. The monoisotopic (exact) mass is 292 g/mol. The summed E-state index contributed by atoms with van der Waals surface area (Å²) < 4.78 is 5.83. The number of nitrogens with one attached hydrogen (secondary N) is 1. The molecule has 4 nitrogen and oxygen atoms in total. The van der Waals surface area contributed by atoms with E-state index in [0.717, 1.165) is 18.8 Å². The van der Waals surface area contributed by atoms with Gasteiger partial charge in [-0.2, -0.15) is 0 Å². The van der Waals surface area contributed by atoms with E-state index in [0.29, 0.717) is 19.3 Å². The highest BCUT2D eigenvalue weighted by atomic mass is 16.5. The maximum Gasteiger partial charge on any atom is 0.0898 e. The first-order chi connectivity index (χ1) is 10.1. The molecule has 0 amide bonds. The van der Waals surface area contributed by atoms with E-state index in [1.54, 1.807) is 12.4 Å². The molecule has 0 bridgehead atoms. The van der Waals surface area contributed by atoms with Gasteiger partial charge in [-0.3, -0.25) is 4.98 Å². The van der Waals surface area contributed by atoms with Crippen LogP contribution < -0.4 is 5.32 Å². The summed E-state index contributed by atoms with van der Waals surface area (Å²) in [5.41, 5.74) is 1.18. The standard InChI is InChI=1S/C17H28N2O2/c1-13-3-5-17(6-4-13)21-12-16(20)11-19-14(2)15-7-9-18-10-8-15/h7-10,13-14,16-17,19-20H,3-6,11-12H2,1-2H3. The Morgan fingerprint density at radius 1 is 1.29 bits per heavy atom. The molecular formula is C17H28N2O2. The highest BCUT2D eigenvalue weighted by Crippen LogP contribution is 2.25. The number of hydrogen-bond acceptors (Lipinski definition) is 4. The summed E-state index contributed by atoms with van der Waals surface area (Å²) in [7, 11) is 0. The zero-order valence-corrected chi connectivity index (χ0v) is 13.2. The van der Waals surface area contributed by atoms with Crippen molar-refractivity contribution in [3.05, 3.63) is 30.1 Å². The highest BCUT2D eigenvalue weighted by molar-refractivity contribution is 5.13. The van der Waals surface area contributed by atoms with Crippen LogP contribution in [0.2, 0.25) is 0 Å². The Labute approximate surface area is 127 Å². The van der Waals surface area contributed by atoms with Crippen molar-refractivity contribution in [1.82, 2.24) is 10.3 Å². The number of ether oxygens (including phenoxy) is 1. The average molecular weight is 292 g/mol. The molecule has 1 aromatic rings. The first-order valence-electron chi connectivity index (χ1n) is 8.08. The van der Waals surface area contributed by atoms with Gasteiger partial charge >= 0.3 is 0 Å². The van der Waals surface area contributed by atoms with Crippen LogP contribution in [0.5, 0.6) is 0 Å². The third kappa shape index (κ3) is 5.73. The number of aliphatic hydroxyl groups excluding tert-OH is 1. The Morgan fingerprint density at radius 3 is 2.62 bits per heavy atom. The predicted octanol–water partition coefficient (Wildman–Crippen LogP) is 2.69. The van der Waals surface area contributed by atoms with Crippen molar-refractivity contribution < 1.29 is 9.84 Å². The Balaban J connectivity index is 1.62. The summed E-state index contributed by atoms with van der Waals surface area (Å²) in [6.07, 6.45) is 8.23. The molecule has 4 heteroatoms. The van der Waals surface area contributed by atoms with Crippen molar-refractivity contribution in [2.75, 3.05) is 13.2 Å². The third-order valence-electron chi connectivity index (χ3n) is 4.35. The normalized spacial score (nSPS) is 25.5.